The number of ketones is 1. The molecule has 0 radical (unpaired) electrons. The van der Waals surface area contributed by atoms with Gasteiger partial charge >= 0.3 is 0 Å². The van der Waals surface area contributed by atoms with E-state index in [1.807, 2.05) is 20.8 Å². The molecule has 2 nitrogen and oxygen atoms in total. The highest BCUT2D eigenvalue weighted by molar-refractivity contribution is 6.16. The molecule has 2 heteroatoms. The number of aliphatic hydroxyl groups is 1. The Kier molecular flexibility index (Phi) is 2.66. The molecule has 0 saturated heterocycles. The summed E-state index contributed by atoms with van der Waals surface area (Å²) in [5.74, 6) is -0.454. The summed E-state index contributed by atoms with van der Waals surface area (Å²) in [7, 11) is 0. The lowest BCUT2D eigenvalue weighted by Gasteiger charge is -2.12. The van der Waals surface area contributed by atoms with E-state index in [-0.39, 0.29) is 11.5 Å². The second-order valence-electron chi connectivity index (χ2n) is 4.71. The van der Waals surface area contributed by atoms with Gasteiger partial charge in [-0.15, -0.1) is 0 Å². The molecule has 0 aromatic heterocycles. The fourth-order valence-corrected chi connectivity index (χ4v) is 2.54. The summed E-state index contributed by atoms with van der Waals surface area (Å²) in [6.45, 7) is 9.73. The van der Waals surface area contributed by atoms with Crippen LogP contribution >= 0.6 is 0 Å². The first-order chi connectivity index (χ1) is 7.91. The van der Waals surface area contributed by atoms with E-state index in [9.17, 15) is 9.90 Å². The minimum absolute atomic E-state index is 0.134. The van der Waals surface area contributed by atoms with Gasteiger partial charge in [0.1, 0.15) is 0 Å². The van der Waals surface area contributed by atoms with Crippen LogP contribution in [0.25, 0.3) is 5.57 Å². The highest BCUT2D eigenvalue weighted by Crippen LogP contribution is 2.36. The molecule has 0 heterocycles. The van der Waals surface area contributed by atoms with Gasteiger partial charge in [-0.05, 0) is 37.5 Å². The smallest absolute Gasteiger partial charge is 0.223 e. The van der Waals surface area contributed by atoms with Gasteiger partial charge in [0.15, 0.2) is 5.76 Å². The molecule has 1 aliphatic rings. The van der Waals surface area contributed by atoms with E-state index in [2.05, 4.69) is 18.7 Å². The van der Waals surface area contributed by atoms with Gasteiger partial charge in [0, 0.05) is 17.6 Å². The average molecular weight is 228 g/mol. The maximum Gasteiger partial charge on any atom is 0.223 e. The molecule has 0 atom stereocenters. The van der Waals surface area contributed by atoms with Crippen LogP contribution in [0.15, 0.2) is 30.0 Å². The normalized spacial score (nSPS) is 15.9. The summed E-state index contributed by atoms with van der Waals surface area (Å²) in [6, 6.07) is 4.13. The molecule has 88 valence electrons. The summed E-state index contributed by atoms with van der Waals surface area (Å²) in [6.07, 6.45) is 0.454. The summed E-state index contributed by atoms with van der Waals surface area (Å²) in [4.78, 5) is 11.6. The minimum atomic E-state index is -0.320. The number of carbonyl (C=O) groups excluding carboxylic acids is 1. The van der Waals surface area contributed by atoms with Crippen molar-refractivity contribution in [3.05, 3.63) is 52.3 Å². The second kappa shape index (κ2) is 3.88. The zero-order valence-corrected chi connectivity index (χ0v) is 10.4. The number of hydrogen-bond donors (Lipinski definition) is 1. The highest BCUT2D eigenvalue weighted by Gasteiger charge is 2.28. The lowest BCUT2D eigenvalue weighted by molar-refractivity contribution is -0.114. The second-order valence-corrected chi connectivity index (χ2v) is 4.71. The molecule has 0 bridgehead atoms. The predicted octanol–water partition coefficient (Wildman–Crippen LogP) is 3.41. The first kappa shape index (κ1) is 11.6. The van der Waals surface area contributed by atoms with Crippen LogP contribution < -0.4 is 0 Å². The standard InChI is InChI=1S/C15H16O2/c1-8-5-9(2)13(10(3)6-8)12-7-11(4)14(16)15(12)17/h5-6,17H,4,7H2,1-3H3. The van der Waals surface area contributed by atoms with E-state index in [1.165, 1.54) is 5.56 Å². The Balaban J connectivity index is 2.64. The van der Waals surface area contributed by atoms with Crippen LogP contribution in [0, 0.1) is 20.8 Å². The highest BCUT2D eigenvalue weighted by atomic mass is 16.3. The molecule has 17 heavy (non-hydrogen) atoms. The molecule has 0 saturated carbocycles. The summed E-state index contributed by atoms with van der Waals surface area (Å²) in [5, 5.41) is 9.87. The first-order valence-electron chi connectivity index (χ1n) is 5.64. The van der Waals surface area contributed by atoms with E-state index in [1.54, 1.807) is 0 Å². The number of Topliss-reactive ketones (excluding diaryl/α,β-unsaturated/α-hetero) is 1. The topological polar surface area (TPSA) is 37.3 Å². The molecule has 0 spiro atoms. The molecule has 0 unspecified atom stereocenters. The number of aliphatic hydroxyl groups excluding tert-OH is 1. The van der Waals surface area contributed by atoms with E-state index in [4.69, 9.17) is 0 Å². The summed E-state index contributed by atoms with van der Waals surface area (Å²) >= 11 is 0. The Hall–Kier alpha value is -1.83. The van der Waals surface area contributed by atoms with Crippen molar-refractivity contribution >= 4 is 11.4 Å². The van der Waals surface area contributed by atoms with Gasteiger partial charge < -0.3 is 5.11 Å². The minimum Gasteiger partial charge on any atom is -0.504 e. The number of rotatable bonds is 1. The van der Waals surface area contributed by atoms with Gasteiger partial charge in [-0.1, -0.05) is 24.3 Å². The number of hydrogen-bond acceptors (Lipinski definition) is 2. The first-order valence-corrected chi connectivity index (χ1v) is 5.64. The predicted molar refractivity (Wildman–Crippen MR) is 69.0 cm³/mol. The fraction of sp³-hybridized carbons (Fsp3) is 0.267. The third kappa shape index (κ3) is 1.80. The van der Waals surface area contributed by atoms with E-state index >= 15 is 0 Å². The Labute approximate surface area is 101 Å². The Morgan fingerprint density at radius 3 is 2.12 bits per heavy atom. The molecule has 0 aliphatic heterocycles. The van der Waals surface area contributed by atoms with Crippen LogP contribution in [0.3, 0.4) is 0 Å². The number of aryl methyl sites for hydroxylation is 3. The van der Waals surface area contributed by atoms with E-state index < -0.39 is 0 Å². The molecule has 1 N–H and O–H groups in total. The average Bonchev–Trinajstić information content (AvgIpc) is 2.45. The van der Waals surface area contributed by atoms with Gasteiger partial charge in [-0.3, -0.25) is 4.79 Å². The van der Waals surface area contributed by atoms with Crippen molar-refractivity contribution in [1.29, 1.82) is 0 Å². The van der Waals surface area contributed by atoms with E-state index in [0.717, 1.165) is 22.3 Å². The van der Waals surface area contributed by atoms with E-state index in [0.29, 0.717) is 12.0 Å². The van der Waals surface area contributed by atoms with Crippen LogP contribution in [-0.2, 0) is 4.79 Å². The summed E-state index contributed by atoms with van der Waals surface area (Å²) in [5.41, 5.74) is 5.54. The fourth-order valence-electron chi connectivity index (χ4n) is 2.54. The molecular weight excluding hydrogens is 212 g/mol. The van der Waals surface area contributed by atoms with Crippen molar-refractivity contribution in [2.75, 3.05) is 0 Å². The quantitative estimate of drug-likeness (QED) is 0.748. The number of allylic oxidation sites excluding steroid dienone is 2. The van der Waals surface area contributed by atoms with Crippen LogP contribution in [-0.4, -0.2) is 10.9 Å². The Morgan fingerprint density at radius 1 is 1.18 bits per heavy atom. The van der Waals surface area contributed by atoms with Crippen LogP contribution in [0.5, 0.6) is 0 Å². The lowest BCUT2D eigenvalue weighted by atomic mass is 9.93. The zero-order valence-electron chi connectivity index (χ0n) is 10.4. The maximum absolute atomic E-state index is 11.6. The van der Waals surface area contributed by atoms with Gasteiger partial charge in [-0.2, -0.15) is 0 Å². The van der Waals surface area contributed by atoms with Gasteiger partial charge in [0.05, 0.1) is 0 Å². The third-order valence-corrected chi connectivity index (χ3v) is 3.19. The van der Waals surface area contributed by atoms with Crippen molar-refractivity contribution in [3.8, 4) is 0 Å². The zero-order chi connectivity index (χ0) is 12.7. The Morgan fingerprint density at radius 2 is 1.71 bits per heavy atom. The number of carbonyl (C=O) groups is 1. The Bertz CT molecular complexity index is 539. The van der Waals surface area contributed by atoms with Crippen molar-refractivity contribution < 1.29 is 9.90 Å². The molecule has 2 rings (SSSR count). The van der Waals surface area contributed by atoms with Crippen molar-refractivity contribution in [2.45, 2.75) is 27.2 Å². The molecule has 0 fully saturated rings. The van der Waals surface area contributed by atoms with Gasteiger partial charge in [-0.25, -0.2) is 0 Å². The van der Waals surface area contributed by atoms with Crippen molar-refractivity contribution in [2.24, 2.45) is 0 Å². The molecule has 1 aromatic rings. The monoisotopic (exact) mass is 228 g/mol. The van der Waals surface area contributed by atoms with Gasteiger partial charge in [0.2, 0.25) is 5.78 Å². The molecule has 0 amide bonds. The summed E-state index contributed by atoms with van der Waals surface area (Å²) < 4.78 is 0. The van der Waals surface area contributed by atoms with Crippen molar-refractivity contribution in [3.63, 3.8) is 0 Å². The van der Waals surface area contributed by atoms with Crippen LogP contribution in [0.4, 0.5) is 0 Å². The van der Waals surface area contributed by atoms with Crippen LogP contribution in [0.1, 0.15) is 28.7 Å². The van der Waals surface area contributed by atoms with Crippen LogP contribution in [0.2, 0.25) is 0 Å². The lowest BCUT2D eigenvalue weighted by Crippen LogP contribution is -1.98. The molecule has 1 aromatic carbocycles. The largest absolute Gasteiger partial charge is 0.504 e. The SMILES string of the molecule is C=C1CC(c2c(C)cc(C)cc2C)=C(O)C1=O. The number of benzene rings is 1. The maximum atomic E-state index is 11.6. The third-order valence-electron chi connectivity index (χ3n) is 3.19. The van der Waals surface area contributed by atoms with Gasteiger partial charge in [0.25, 0.3) is 0 Å². The molecule has 1 aliphatic carbocycles. The van der Waals surface area contributed by atoms with Crippen molar-refractivity contribution in [1.82, 2.24) is 0 Å². The molecular formula is C15H16O2.